The van der Waals surface area contributed by atoms with Crippen molar-refractivity contribution in [3.05, 3.63) is 39.8 Å². The molecule has 124 valence electrons. The van der Waals surface area contributed by atoms with Crippen LogP contribution in [0.25, 0.3) is 0 Å². The average molecular weight is 320 g/mol. The molecule has 0 saturated carbocycles. The van der Waals surface area contributed by atoms with Crippen LogP contribution in [0.1, 0.15) is 18.3 Å². The Bertz CT molecular complexity index is 720. The number of nitro groups is 1. The molecule has 2 aromatic rings. The van der Waals surface area contributed by atoms with Crippen molar-refractivity contribution in [3.8, 4) is 0 Å². The monoisotopic (exact) mass is 320 g/mol. The van der Waals surface area contributed by atoms with E-state index in [0.717, 1.165) is 5.69 Å². The minimum absolute atomic E-state index is 0.0618. The molecule has 2 aromatic heterocycles. The molecule has 0 aromatic carbocycles. The Labute approximate surface area is 133 Å². The summed E-state index contributed by atoms with van der Waals surface area (Å²) >= 11 is 0. The maximum Gasteiger partial charge on any atom is 0.390 e. The first-order chi connectivity index (χ1) is 10.8. The number of amides is 1. The zero-order valence-electron chi connectivity index (χ0n) is 13.6. The fourth-order valence-corrected chi connectivity index (χ4v) is 2.35. The van der Waals surface area contributed by atoms with Crippen molar-refractivity contribution >= 4 is 11.7 Å². The summed E-state index contributed by atoms with van der Waals surface area (Å²) in [5.74, 6) is -0.612. The van der Waals surface area contributed by atoms with E-state index in [-0.39, 0.29) is 17.6 Å². The molecule has 9 heteroatoms. The highest BCUT2D eigenvalue weighted by molar-refractivity contribution is 5.78. The van der Waals surface area contributed by atoms with Gasteiger partial charge in [0, 0.05) is 20.3 Å². The normalized spacial score (nSPS) is 12.2. The van der Waals surface area contributed by atoms with Gasteiger partial charge in [0.1, 0.15) is 0 Å². The first-order valence-electron chi connectivity index (χ1n) is 7.20. The van der Waals surface area contributed by atoms with Gasteiger partial charge in [-0.05, 0) is 17.9 Å². The van der Waals surface area contributed by atoms with Crippen molar-refractivity contribution in [2.45, 2.75) is 26.9 Å². The van der Waals surface area contributed by atoms with E-state index in [4.69, 9.17) is 0 Å². The summed E-state index contributed by atoms with van der Waals surface area (Å²) < 4.78 is 3.18. The molecule has 2 heterocycles. The van der Waals surface area contributed by atoms with Gasteiger partial charge < -0.3 is 15.0 Å². The molecular formula is C14H20N6O3. The zero-order chi connectivity index (χ0) is 17.1. The molecule has 0 N–H and O–H groups in total. The third-order valence-corrected chi connectivity index (χ3v) is 3.57. The highest BCUT2D eigenvalue weighted by Crippen LogP contribution is 2.14. The van der Waals surface area contributed by atoms with Gasteiger partial charge in [0.2, 0.25) is 5.91 Å². The molecule has 23 heavy (non-hydrogen) atoms. The van der Waals surface area contributed by atoms with Gasteiger partial charge in [0.05, 0.1) is 41.6 Å². The predicted molar refractivity (Wildman–Crippen MR) is 82.5 cm³/mol. The van der Waals surface area contributed by atoms with Gasteiger partial charge in [-0.2, -0.15) is 9.78 Å². The van der Waals surface area contributed by atoms with Crippen LogP contribution >= 0.6 is 0 Å². The van der Waals surface area contributed by atoms with Crippen LogP contribution in [0, 0.1) is 23.0 Å². The lowest BCUT2D eigenvalue weighted by Crippen LogP contribution is -2.33. The Balaban J connectivity index is 2.00. The van der Waals surface area contributed by atoms with E-state index in [1.54, 1.807) is 30.5 Å². The van der Waals surface area contributed by atoms with E-state index in [9.17, 15) is 14.9 Å². The third-order valence-electron chi connectivity index (χ3n) is 3.57. The molecule has 0 aliphatic heterocycles. The van der Waals surface area contributed by atoms with Crippen molar-refractivity contribution in [1.82, 2.24) is 24.5 Å². The smallest absolute Gasteiger partial charge is 0.358 e. The lowest BCUT2D eigenvalue weighted by atomic mass is 10.1. The van der Waals surface area contributed by atoms with Gasteiger partial charge in [-0.1, -0.05) is 6.92 Å². The van der Waals surface area contributed by atoms with Gasteiger partial charge in [0.15, 0.2) is 0 Å². The number of carbonyl (C=O) groups excluding carboxylic acids is 1. The first kappa shape index (κ1) is 16.7. The van der Waals surface area contributed by atoms with Crippen molar-refractivity contribution in [1.29, 1.82) is 0 Å². The van der Waals surface area contributed by atoms with Gasteiger partial charge in [-0.3, -0.25) is 9.48 Å². The molecule has 0 saturated heterocycles. The van der Waals surface area contributed by atoms with Gasteiger partial charge in [-0.15, -0.1) is 0 Å². The number of nitrogens with zero attached hydrogens (tertiary/aromatic N) is 6. The highest BCUT2D eigenvalue weighted by atomic mass is 16.6. The third kappa shape index (κ3) is 3.93. The predicted octanol–water partition coefficient (Wildman–Crippen LogP) is 1.13. The number of aryl methyl sites for hydroxylation is 2. The molecule has 9 nitrogen and oxygen atoms in total. The Hall–Kier alpha value is -2.71. The second-order valence-electron chi connectivity index (χ2n) is 5.66. The summed E-state index contributed by atoms with van der Waals surface area (Å²) in [7, 11) is 3.53. The molecule has 0 aliphatic carbocycles. The standard InChI is InChI=1S/C14H20N6O3/c1-10(8-19-11(2)7-13(16-19)20(22)23)14(21)17(3)9-12-5-6-18(4)15-12/h5-7,10H,8-9H2,1-4H3. The molecule has 0 aliphatic rings. The number of hydrogen-bond acceptors (Lipinski definition) is 5. The minimum Gasteiger partial charge on any atom is -0.358 e. The Morgan fingerprint density at radius 3 is 2.70 bits per heavy atom. The molecule has 1 unspecified atom stereocenters. The summed E-state index contributed by atoms with van der Waals surface area (Å²) in [6.07, 6.45) is 1.82. The molecule has 0 bridgehead atoms. The Morgan fingerprint density at radius 2 is 2.17 bits per heavy atom. The highest BCUT2D eigenvalue weighted by Gasteiger charge is 2.23. The second-order valence-corrected chi connectivity index (χ2v) is 5.66. The topological polar surface area (TPSA) is 99.1 Å². The van der Waals surface area contributed by atoms with Crippen LogP contribution in [0.3, 0.4) is 0 Å². The lowest BCUT2D eigenvalue weighted by Gasteiger charge is -2.20. The summed E-state index contributed by atoms with van der Waals surface area (Å²) in [6.45, 7) is 4.23. The van der Waals surface area contributed by atoms with Crippen LogP contribution in [0.5, 0.6) is 0 Å². The molecule has 0 fully saturated rings. The SMILES string of the molecule is Cc1cc([N+](=O)[O-])nn1CC(C)C(=O)N(C)Cc1ccn(C)n1. The summed E-state index contributed by atoms with van der Waals surface area (Å²) in [5, 5.41) is 18.9. The van der Waals surface area contributed by atoms with Gasteiger partial charge in [0.25, 0.3) is 0 Å². The molecule has 2 rings (SSSR count). The van der Waals surface area contributed by atoms with E-state index in [0.29, 0.717) is 18.8 Å². The maximum atomic E-state index is 12.4. The number of aromatic nitrogens is 4. The van der Waals surface area contributed by atoms with Crippen LogP contribution < -0.4 is 0 Å². The Kier molecular flexibility index (Phi) is 4.77. The van der Waals surface area contributed by atoms with Crippen LogP contribution in [-0.4, -0.2) is 42.3 Å². The van der Waals surface area contributed by atoms with E-state index in [1.807, 2.05) is 19.3 Å². The van der Waals surface area contributed by atoms with Crippen LogP contribution in [-0.2, 0) is 24.9 Å². The zero-order valence-corrected chi connectivity index (χ0v) is 13.6. The molecule has 0 radical (unpaired) electrons. The maximum absolute atomic E-state index is 12.4. The fraction of sp³-hybridized carbons (Fsp3) is 0.500. The van der Waals surface area contributed by atoms with Crippen LogP contribution in [0.15, 0.2) is 18.3 Å². The molecule has 1 amide bonds. The molecule has 0 spiro atoms. The van der Waals surface area contributed by atoms with Crippen molar-refractivity contribution in [2.24, 2.45) is 13.0 Å². The second kappa shape index (κ2) is 6.59. The number of carbonyl (C=O) groups is 1. The van der Waals surface area contributed by atoms with Crippen LogP contribution in [0.4, 0.5) is 5.82 Å². The van der Waals surface area contributed by atoms with Gasteiger partial charge >= 0.3 is 5.82 Å². The van der Waals surface area contributed by atoms with E-state index in [2.05, 4.69) is 10.2 Å². The number of rotatable bonds is 6. The Morgan fingerprint density at radius 1 is 1.48 bits per heavy atom. The van der Waals surface area contributed by atoms with E-state index in [1.165, 1.54) is 10.7 Å². The largest absolute Gasteiger partial charge is 0.390 e. The molecule has 1 atom stereocenters. The quantitative estimate of drug-likeness (QED) is 0.587. The fourth-order valence-electron chi connectivity index (χ4n) is 2.35. The van der Waals surface area contributed by atoms with Crippen molar-refractivity contribution in [2.75, 3.05) is 7.05 Å². The number of hydrogen-bond donors (Lipinski definition) is 0. The van der Waals surface area contributed by atoms with Gasteiger partial charge in [-0.25, -0.2) is 0 Å². The van der Waals surface area contributed by atoms with Crippen molar-refractivity contribution < 1.29 is 9.72 Å². The summed E-state index contributed by atoms with van der Waals surface area (Å²) in [4.78, 5) is 24.2. The minimum atomic E-state index is -0.539. The lowest BCUT2D eigenvalue weighted by molar-refractivity contribution is -0.389. The summed E-state index contributed by atoms with van der Waals surface area (Å²) in [6, 6.07) is 3.25. The van der Waals surface area contributed by atoms with Crippen LogP contribution in [0.2, 0.25) is 0 Å². The average Bonchev–Trinajstić information content (AvgIpc) is 3.04. The van der Waals surface area contributed by atoms with Crippen molar-refractivity contribution in [3.63, 3.8) is 0 Å². The summed E-state index contributed by atoms with van der Waals surface area (Å²) in [5.41, 5.74) is 1.46. The molecular weight excluding hydrogens is 300 g/mol. The van der Waals surface area contributed by atoms with E-state index >= 15 is 0 Å². The first-order valence-corrected chi connectivity index (χ1v) is 7.20. The van der Waals surface area contributed by atoms with E-state index < -0.39 is 4.92 Å².